The number of fused-ring (bicyclic) bond motifs is 1. The Bertz CT molecular complexity index is 820. The molecule has 2 aromatic carbocycles. The van der Waals surface area contributed by atoms with E-state index in [-0.39, 0.29) is 0 Å². The first-order chi connectivity index (χ1) is 10.7. The van der Waals surface area contributed by atoms with Crippen molar-refractivity contribution in [1.82, 2.24) is 4.98 Å². The molecule has 1 heterocycles. The molecule has 3 rings (SSSR count). The van der Waals surface area contributed by atoms with Gasteiger partial charge in [0.1, 0.15) is 5.75 Å². The van der Waals surface area contributed by atoms with Crippen LogP contribution in [-0.2, 0) is 9.09 Å². The molecule has 1 unspecified atom stereocenters. The summed E-state index contributed by atoms with van der Waals surface area (Å²) in [5.41, 5.74) is 0.862. The van der Waals surface area contributed by atoms with Crippen molar-refractivity contribution in [3.05, 3.63) is 66.9 Å². The number of hydrogen-bond donors (Lipinski definition) is 0. The van der Waals surface area contributed by atoms with Gasteiger partial charge in [0.2, 0.25) is 0 Å². The van der Waals surface area contributed by atoms with Crippen LogP contribution in [0.4, 0.5) is 0 Å². The number of aromatic nitrogens is 1. The highest BCUT2D eigenvalue weighted by Gasteiger charge is 2.28. The van der Waals surface area contributed by atoms with Gasteiger partial charge in [-0.25, -0.2) is 4.57 Å². The largest absolute Gasteiger partial charge is 0.421 e. The van der Waals surface area contributed by atoms with Crippen LogP contribution in [0.15, 0.2) is 66.9 Å². The van der Waals surface area contributed by atoms with E-state index < -0.39 is 7.60 Å². The van der Waals surface area contributed by atoms with Gasteiger partial charge in [-0.15, -0.1) is 0 Å². The minimum atomic E-state index is -3.39. The minimum absolute atomic E-state index is 0.307. The van der Waals surface area contributed by atoms with E-state index in [9.17, 15) is 4.57 Å². The first kappa shape index (κ1) is 14.8. The zero-order valence-electron chi connectivity index (χ0n) is 12.2. The van der Waals surface area contributed by atoms with Crippen LogP contribution in [0, 0.1) is 0 Å². The molecule has 4 nitrogen and oxygen atoms in total. The van der Waals surface area contributed by atoms with Crippen LogP contribution in [0.25, 0.3) is 10.9 Å². The van der Waals surface area contributed by atoms with Gasteiger partial charge in [-0.05, 0) is 43.3 Å². The summed E-state index contributed by atoms with van der Waals surface area (Å²) in [4.78, 5) is 4.26. The minimum Gasteiger partial charge on any atom is -0.421 e. The standard InChI is InChI=1S/C17H16NO3P/c1-2-20-22(19,16-8-4-3-5-9-16)21-15-10-11-17-14(13-15)7-6-12-18-17/h3-13H,2H2,1H3. The van der Waals surface area contributed by atoms with Crippen LogP contribution >= 0.6 is 7.60 Å². The average molecular weight is 313 g/mol. The lowest BCUT2D eigenvalue weighted by atomic mass is 10.2. The first-order valence-corrected chi connectivity index (χ1v) is 8.60. The molecule has 0 aliphatic rings. The van der Waals surface area contributed by atoms with E-state index in [0.29, 0.717) is 17.7 Å². The number of hydrogen-bond acceptors (Lipinski definition) is 4. The Morgan fingerprint density at radius 2 is 1.86 bits per heavy atom. The molecule has 0 amide bonds. The van der Waals surface area contributed by atoms with E-state index >= 15 is 0 Å². The number of nitrogens with zero attached hydrogens (tertiary/aromatic N) is 1. The molecule has 0 spiro atoms. The average Bonchev–Trinajstić information content (AvgIpc) is 2.56. The Balaban J connectivity index is 1.97. The molecule has 1 aromatic heterocycles. The Morgan fingerprint density at radius 3 is 2.64 bits per heavy atom. The molecule has 0 bridgehead atoms. The highest BCUT2D eigenvalue weighted by Crippen LogP contribution is 2.47. The van der Waals surface area contributed by atoms with Gasteiger partial charge in [0.05, 0.1) is 17.4 Å². The van der Waals surface area contributed by atoms with Crippen LogP contribution in [0.5, 0.6) is 5.75 Å². The van der Waals surface area contributed by atoms with Crippen molar-refractivity contribution in [2.45, 2.75) is 6.92 Å². The summed E-state index contributed by atoms with van der Waals surface area (Å²) >= 11 is 0. The fourth-order valence-electron chi connectivity index (χ4n) is 2.18. The smallest absolute Gasteiger partial charge is 0.410 e. The maximum atomic E-state index is 13.1. The lowest BCUT2D eigenvalue weighted by Crippen LogP contribution is -2.12. The van der Waals surface area contributed by atoms with Crippen LogP contribution < -0.4 is 9.83 Å². The van der Waals surface area contributed by atoms with Gasteiger partial charge in [0, 0.05) is 11.6 Å². The molecule has 22 heavy (non-hydrogen) atoms. The Labute approximate surface area is 129 Å². The molecule has 0 fully saturated rings. The van der Waals surface area contributed by atoms with Crippen LogP contribution in [0.3, 0.4) is 0 Å². The van der Waals surface area contributed by atoms with Crippen molar-refractivity contribution in [1.29, 1.82) is 0 Å². The molecule has 0 saturated carbocycles. The van der Waals surface area contributed by atoms with E-state index in [1.165, 1.54) is 0 Å². The molecule has 0 aliphatic carbocycles. The Morgan fingerprint density at radius 1 is 1.05 bits per heavy atom. The van der Waals surface area contributed by atoms with Gasteiger partial charge < -0.3 is 4.52 Å². The summed E-state index contributed by atoms with van der Waals surface area (Å²) in [6.45, 7) is 2.10. The zero-order chi connectivity index (χ0) is 15.4. The summed E-state index contributed by atoms with van der Waals surface area (Å²) < 4.78 is 24.3. The molecule has 3 aromatic rings. The van der Waals surface area contributed by atoms with E-state index in [4.69, 9.17) is 9.05 Å². The fourth-order valence-corrected chi connectivity index (χ4v) is 3.76. The highest BCUT2D eigenvalue weighted by molar-refractivity contribution is 7.62. The van der Waals surface area contributed by atoms with Crippen molar-refractivity contribution in [2.24, 2.45) is 0 Å². The second-order valence-corrected chi connectivity index (χ2v) is 6.65. The summed E-state index contributed by atoms with van der Waals surface area (Å²) in [6, 6.07) is 18.2. The molecule has 0 N–H and O–H groups in total. The second-order valence-electron chi connectivity index (χ2n) is 4.70. The predicted molar refractivity (Wildman–Crippen MR) is 87.7 cm³/mol. The monoisotopic (exact) mass is 313 g/mol. The van der Waals surface area contributed by atoms with Crippen molar-refractivity contribution in [2.75, 3.05) is 6.61 Å². The SMILES string of the molecule is CCOP(=O)(Oc1ccc2ncccc2c1)c1ccccc1. The van der Waals surface area contributed by atoms with Crippen LogP contribution in [0.1, 0.15) is 6.92 Å². The molecular weight excluding hydrogens is 297 g/mol. The predicted octanol–water partition coefficient (Wildman–Crippen LogP) is 4.17. The molecule has 112 valence electrons. The lowest BCUT2D eigenvalue weighted by molar-refractivity contribution is 0.289. The van der Waals surface area contributed by atoms with Gasteiger partial charge in [-0.2, -0.15) is 0 Å². The highest BCUT2D eigenvalue weighted by atomic mass is 31.2. The summed E-state index contributed by atoms with van der Waals surface area (Å²) in [5.74, 6) is 0.501. The van der Waals surface area contributed by atoms with Gasteiger partial charge in [0.25, 0.3) is 0 Å². The van der Waals surface area contributed by atoms with Crippen molar-refractivity contribution in [3.63, 3.8) is 0 Å². The van der Waals surface area contributed by atoms with Gasteiger partial charge in [0.15, 0.2) is 0 Å². The first-order valence-electron chi connectivity index (χ1n) is 7.06. The quantitative estimate of drug-likeness (QED) is 0.663. The van der Waals surface area contributed by atoms with E-state index in [1.807, 2.05) is 42.5 Å². The third-order valence-electron chi connectivity index (χ3n) is 3.17. The third kappa shape index (κ3) is 3.03. The molecular formula is C17H16NO3P. The number of rotatable bonds is 5. The molecule has 0 aliphatic heterocycles. The topological polar surface area (TPSA) is 48.4 Å². The van der Waals surface area contributed by atoms with Crippen LogP contribution in [0.2, 0.25) is 0 Å². The van der Waals surface area contributed by atoms with Gasteiger partial charge >= 0.3 is 7.60 Å². The Kier molecular flexibility index (Phi) is 4.23. The lowest BCUT2D eigenvalue weighted by Gasteiger charge is -2.19. The van der Waals surface area contributed by atoms with E-state index in [0.717, 1.165) is 10.9 Å². The zero-order valence-corrected chi connectivity index (χ0v) is 13.1. The second kappa shape index (κ2) is 6.30. The Hall–Kier alpha value is -2.16. The van der Waals surface area contributed by atoms with Crippen molar-refractivity contribution >= 4 is 23.8 Å². The van der Waals surface area contributed by atoms with Crippen LogP contribution in [-0.4, -0.2) is 11.6 Å². The normalized spacial score (nSPS) is 13.7. The van der Waals surface area contributed by atoms with Gasteiger partial charge in [-0.3, -0.25) is 9.51 Å². The molecule has 0 saturated heterocycles. The van der Waals surface area contributed by atoms with E-state index in [1.54, 1.807) is 31.3 Å². The molecule has 0 radical (unpaired) electrons. The summed E-state index contributed by atoms with van der Waals surface area (Å²) in [6.07, 6.45) is 1.73. The fraction of sp³-hybridized carbons (Fsp3) is 0.118. The molecule has 5 heteroatoms. The maximum Gasteiger partial charge on any atom is 0.410 e. The van der Waals surface area contributed by atoms with Crippen molar-refractivity contribution < 1.29 is 13.6 Å². The number of pyridine rings is 1. The van der Waals surface area contributed by atoms with E-state index in [2.05, 4.69) is 4.98 Å². The summed E-state index contributed by atoms with van der Waals surface area (Å²) in [7, 11) is -3.39. The van der Waals surface area contributed by atoms with Gasteiger partial charge in [-0.1, -0.05) is 24.3 Å². The summed E-state index contributed by atoms with van der Waals surface area (Å²) in [5, 5.41) is 1.47. The van der Waals surface area contributed by atoms with Crippen molar-refractivity contribution in [3.8, 4) is 5.75 Å². The molecule has 1 atom stereocenters. The number of benzene rings is 2. The third-order valence-corrected chi connectivity index (χ3v) is 5.15. The maximum absolute atomic E-state index is 13.1.